The fourth-order valence-electron chi connectivity index (χ4n) is 4.23. The second kappa shape index (κ2) is 8.91. The summed E-state index contributed by atoms with van der Waals surface area (Å²) in [6.45, 7) is 3.16. The van der Waals surface area contributed by atoms with Crippen LogP contribution in [-0.2, 0) is 11.3 Å². The Hall–Kier alpha value is -2.47. The van der Waals surface area contributed by atoms with E-state index in [-0.39, 0.29) is 24.1 Å². The zero-order valence-electron chi connectivity index (χ0n) is 16.4. The molecule has 154 valence electrons. The van der Waals surface area contributed by atoms with E-state index in [4.69, 9.17) is 4.74 Å². The third-order valence-corrected chi connectivity index (χ3v) is 5.87. The lowest BCUT2D eigenvalue weighted by molar-refractivity contribution is 0.0662. The Morgan fingerprint density at radius 1 is 1.03 bits per heavy atom. The van der Waals surface area contributed by atoms with Crippen molar-refractivity contribution in [2.75, 3.05) is 31.2 Å². The summed E-state index contributed by atoms with van der Waals surface area (Å²) < 4.78 is 33.2. The highest BCUT2D eigenvalue weighted by molar-refractivity contribution is 5.94. The molecule has 4 rings (SSSR count). The predicted molar refractivity (Wildman–Crippen MR) is 108 cm³/mol. The van der Waals surface area contributed by atoms with Crippen molar-refractivity contribution in [2.24, 2.45) is 0 Å². The molecule has 0 aromatic heterocycles. The van der Waals surface area contributed by atoms with Crippen LogP contribution in [0.4, 0.5) is 14.5 Å². The Bertz CT molecular complexity index is 844. The lowest BCUT2D eigenvalue weighted by atomic mass is 10.1. The third-order valence-electron chi connectivity index (χ3n) is 5.87. The summed E-state index contributed by atoms with van der Waals surface area (Å²) in [5.41, 5.74) is 1.86. The van der Waals surface area contributed by atoms with Gasteiger partial charge in [0, 0.05) is 42.5 Å². The summed E-state index contributed by atoms with van der Waals surface area (Å²) in [4.78, 5) is 17.2. The van der Waals surface area contributed by atoms with Gasteiger partial charge in [-0.1, -0.05) is 12.8 Å². The van der Waals surface area contributed by atoms with E-state index in [9.17, 15) is 13.6 Å². The molecule has 4 nitrogen and oxygen atoms in total. The van der Waals surface area contributed by atoms with Crippen LogP contribution in [0.2, 0.25) is 0 Å². The normalized spacial score (nSPS) is 17.5. The van der Waals surface area contributed by atoms with Crippen molar-refractivity contribution in [3.63, 3.8) is 0 Å². The van der Waals surface area contributed by atoms with Gasteiger partial charge in [0.15, 0.2) is 0 Å². The summed E-state index contributed by atoms with van der Waals surface area (Å²) in [7, 11) is 0. The molecule has 29 heavy (non-hydrogen) atoms. The van der Waals surface area contributed by atoms with E-state index in [0.717, 1.165) is 56.6 Å². The van der Waals surface area contributed by atoms with Crippen LogP contribution in [0.25, 0.3) is 0 Å². The minimum absolute atomic E-state index is 0.0593. The number of carbonyl (C=O) groups excluding carboxylic acids is 1. The van der Waals surface area contributed by atoms with E-state index in [2.05, 4.69) is 4.90 Å². The van der Waals surface area contributed by atoms with Crippen LogP contribution in [0.5, 0.6) is 0 Å². The van der Waals surface area contributed by atoms with Crippen LogP contribution in [0, 0.1) is 11.6 Å². The standard InChI is InChI=1S/C23H26F2N2O2/c24-19-7-10-22(25)18(15-19)16-27(21-3-1-2-4-21)23(28)17-5-8-20(9-6-17)26-11-13-29-14-12-26/h5-10,15,21H,1-4,11-14,16H2. The molecule has 6 heteroatoms. The first kappa shape index (κ1) is 19.8. The molecule has 2 aliphatic rings. The highest BCUT2D eigenvalue weighted by Gasteiger charge is 2.28. The van der Waals surface area contributed by atoms with E-state index in [1.165, 1.54) is 6.07 Å². The highest BCUT2D eigenvalue weighted by Crippen LogP contribution is 2.28. The maximum absolute atomic E-state index is 14.2. The second-order valence-electron chi connectivity index (χ2n) is 7.75. The van der Waals surface area contributed by atoms with Crippen molar-refractivity contribution in [1.82, 2.24) is 4.90 Å². The number of morpholine rings is 1. The molecule has 2 aromatic rings. The number of hydrogen-bond acceptors (Lipinski definition) is 3. The number of ether oxygens (including phenoxy) is 1. The summed E-state index contributed by atoms with van der Waals surface area (Å²) in [5.74, 6) is -1.10. The van der Waals surface area contributed by atoms with Crippen molar-refractivity contribution in [3.8, 4) is 0 Å². The lowest BCUT2D eigenvalue weighted by Gasteiger charge is -2.30. The topological polar surface area (TPSA) is 32.8 Å². The monoisotopic (exact) mass is 400 g/mol. The molecule has 0 radical (unpaired) electrons. The van der Waals surface area contributed by atoms with Crippen LogP contribution in [0.3, 0.4) is 0 Å². The second-order valence-corrected chi connectivity index (χ2v) is 7.75. The van der Waals surface area contributed by atoms with Crippen LogP contribution >= 0.6 is 0 Å². The fraction of sp³-hybridized carbons (Fsp3) is 0.435. The molecule has 0 N–H and O–H groups in total. The molecule has 0 atom stereocenters. The number of hydrogen-bond donors (Lipinski definition) is 0. The van der Waals surface area contributed by atoms with Gasteiger partial charge in [-0.25, -0.2) is 8.78 Å². The molecule has 0 unspecified atom stereocenters. The lowest BCUT2D eigenvalue weighted by Crippen LogP contribution is -2.38. The quantitative estimate of drug-likeness (QED) is 0.747. The molecule has 0 spiro atoms. The van der Waals surface area contributed by atoms with Crippen LogP contribution in [0.1, 0.15) is 41.6 Å². The Kier molecular flexibility index (Phi) is 6.09. The summed E-state index contributed by atoms with van der Waals surface area (Å²) in [6.07, 6.45) is 3.90. The van der Waals surface area contributed by atoms with Gasteiger partial charge in [0.05, 0.1) is 13.2 Å². The van der Waals surface area contributed by atoms with Gasteiger partial charge in [-0.2, -0.15) is 0 Å². The van der Waals surface area contributed by atoms with Crippen LogP contribution in [-0.4, -0.2) is 43.2 Å². The van der Waals surface area contributed by atoms with E-state index >= 15 is 0 Å². The van der Waals surface area contributed by atoms with Crippen molar-refractivity contribution in [2.45, 2.75) is 38.3 Å². The van der Waals surface area contributed by atoms with Crippen molar-refractivity contribution in [1.29, 1.82) is 0 Å². The van der Waals surface area contributed by atoms with E-state index in [1.807, 2.05) is 24.3 Å². The molecule has 1 saturated heterocycles. The zero-order chi connectivity index (χ0) is 20.2. The maximum Gasteiger partial charge on any atom is 0.254 e. The van der Waals surface area contributed by atoms with Gasteiger partial charge in [-0.05, 0) is 55.3 Å². The SMILES string of the molecule is O=C(c1ccc(N2CCOCC2)cc1)N(Cc1cc(F)ccc1F)C1CCCC1. The van der Waals surface area contributed by atoms with E-state index < -0.39 is 11.6 Å². The van der Waals surface area contributed by atoms with Gasteiger partial charge in [0.25, 0.3) is 5.91 Å². The molecule has 1 amide bonds. The predicted octanol–water partition coefficient (Wildman–Crippen LogP) is 4.39. The van der Waals surface area contributed by atoms with Gasteiger partial charge in [-0.15, -0.1) is 0 Å². The number of amides is 1. The van der Waals surface area contributed by atoms with Gasteiger partial charge < -0.3 is 14.5 Å². The van der Waals surface area contributed by atoms with Gasteiger partial charge in [-0.3, -0.25) is 4.79 Å². The number of anilines is 1. The van der Waals surface area contributed by atoms with Gasteiger partial charge in [0.1, 0.15) is 11.6 Å². The Morgan fingerprint density at radius 3 is 2.41 bits per heavy atom. The van der Waals surface area contributed by atoms with Crippen molar-refractivity contribution < 1.29 is 18.3 Å². The molecule has 1 aliphatic carbocycles. The minimum atomic E-state index is -0.491. The van der Waals surface area contributed by atoms with Crippen LogP contribution < -0.4 is 4.90 Å². The Balaban J connectivity index is 1.55. The average Bonchev–Trinajstić information content (AvgIpc) is 3.29. The van der Waals surface area contributed by atoms with Gasteiger partial charge in [0.2, 0.25) is 0 Å². The molecule has 1 aliphatic heterocycles. The van der Waals surface area contributed by atoms with Gasteiger partial charge >= 0.3 is 0 Å². The Morgan fingerprint density at radius 2 is 1.72 bits per heavy atom. The highest BCUT2D eigenvalue weighted by atomic mass is 19.1. The zero-order valence-corrected chi connectivity index (χ0v) is 16.4. The smallest absolute Gasteiger partial charge is 0.254 e. The molecular formula is C23H26F2N2O2. The molecule has 1 heterocycles. The summed E-state index contributed by atoms with van der Waals surface area (Å²) >= 11 is 0. The van der Waals surface area contributed by atoms with Crippen molar-refractivity contribution in [3.05, 3.63) is 65.2 Å². The molecule has 2 fully saturated rings. The number of rotatable bonds is 5. The average molecular weight is 400 g/mol. The first-order chi connectivity index (χ1) is 14.1. The van der Waals surface area contributed by atoms with Crippen molar-refractivity contribution >= 4 is 11.6 Å². The number of nitrogens with zero attached hydrogens (tertiary/aromatic N) is 2. The first-order valence-electron chi connectivity index (χ1n) is 10.3. The Labute approximate surface area is 170 Å². The van der Waals surface area contributed by atoms with Crippen LogP contribution in [0.15, 0.2) is 42.5 Å². The third kappa shape index (κ3) is 4.58. The van der Waals surface area contributed by atoms with E-state index in [1.54, 1.807) is 4.90 Å². The number of benzene rings is 2. The van der Waals surface area contributed by atoms with E-state index in [0.29, 0.717) is 18.8 Å². The summed E-state index contributed by atoms with van der Waals surface area (Å²) in [5, 5.41) is 0. The molecule has 1 saturated carbocycles. The first-order valence-corrected chi connectivity index (χ1v) is 10.3. The molecule has 2 aromatic carbocycles. The molecule has 0 bridgehead atoms. The fourth-order valence-corrected chi connectivity index (χ4v) is 4.23. The minimum Gasteiger partial charge on any atom is -0.378 e. The summed E-state index contributed by atoms with van der Waals surface area (Å²) in [6, 6.07) is 11.0. The number of carbonyl (C=O) groups is 1. The largest absolute Gasteiger partial charge is 0.378 e. The maximum atomic E-state index is 14.2. The molecular weight excluding hydrogens is 374 g/mol. The number of halogens is 2.